The third kappa shape index (κ3) is 3.64. The van der Waals surface area contributed by atoms with Crippen molar-refractivity contribution in [3.8, 4) is 0 Å². The fourth-order valence-electron chi connectivity index (χ4n) is 6.26. The van der Waals surface area contributed by atoms with Crippen LogP contribution in [0.3, 0.4) is 0 Å². The number of esters is 1. The Labute approximate surface area is 169 Å². The summed E-state index contributed by atoms with van der Waals surface area (Å²) in [6.45, 7) is 5.89. The first-order chi connectivity index (χ1) is 13.3. The number of allylic oxidation sites excluding steroid dienone is 2. The molecule has 1 amide bonds. The lowest BCUT2D eigenvalue weighted by molar-refractivity contribution is -0.161. The highest BCUT2D eigenvalue weighted by atomic mass is 16.5. The second-order valence-electron chi connectivity index (χ2n) is 10.8. The summed E-state index contributed by atoms with van der Waals surface area (Å²) in [5.41, 5.74) is 1.16. The van der Waals surface area contributed by atoms with Crippen molar-refractivity contribution in [1.82, 2.24) is 5.32 Å². The summed E-state index contributed by atoms with van der Waals surface area (Å²) in [7, 11) is 0. The van der Waals surface area contributed by atoms with E-state index in [9.17, 15) is 9.59 Å². The summed E-state index contributed by atoms with van der Waals surface area (Å²) in [6, 6.07) is 0.146. The Morgan fingerprint density at radius 2 is 1.86 bits per heavy atom. The lowest BCUT2D eigenvalue weighted by Crippen LogP contribution is -2.52. The van der Waals surface area contributed by atoms with Gasteiger partial charge in [0.2, 0.25) is 5.91 Å². The van der Waals surface area contributed by atoms with Gasteiger partial charge < -0.3 is 10.1 Å². The van der Waals surface area contributed by atoms with Crippen LogP contribution in [0, 0.1) is 22.7 Å². The molecular formula is C24H37NO3. The van der Waals surface area contributed by atoms with E-state index in [-0.39, 0.29) is 40.8 Å². The lowest BCUT2D eigenvalue weighted by atomic mass is 9.78. The summed E-state index contributed by atoms with van der Waals surface area (Å²) < 4.78 is 6.21. The highest BCUT2D eigenvalue weighted by Crippen LogP contribution is 2.52. The number of carbonyl (C=O) groups excluding carboxylic acids is 2. The molecule has 0 aromatic rings. The molecule has 0 radical (unpaired) electrons. The van der Waals surface area contributed by atoms with Crippen LogP contribution in [0.5, 0.6) is 0 Å². The third-order valence-corrected chi connectivity index (χ3v) is 7.93. The standard InChI is InChI=1S/C24H37NO3/c1-23(2,3)22(27)25-19-9-5-13-24(19)14-6-10-20(24)28-21(26)18-12-11-16-7-4-8-17(16)15-18/h11,17-20H,4-10,12-15H2,1-3H3,(H,25,27)/t17?,18-,19+,20+,24+/m0/s1. The largest absolute Gasteiger partial charge is 0.461 e. The molecule has 0 aromatic carbocycles. The monoisotopic (exact) mass is 387 g/mol. The average Bonchev–Trinajstić information content (AvgIpc) is 3.35. The highest BCUT2D eigenvalue weighted by molar-refractivity contribution is 5.81. The maximum absolute atomic E-state index is 13.0. The molecule has 4 aliphatic rings. The van der Waals surface area contributed by atoms with Gasteiger partial charge >= 0.3 is 5.97 Å². The van der Waals surface area contributed by atoms with Gasteiger partial charge in [0.15, 0.2) is 0 Å². The van der Waals surface area contributed by atoms with E-state index in [0.717, 1.165) is 51.4 Å². The van der Waals surface area contributed by atoms with E-state index < -0.39 is 0 Å². The fourth-order valence-corrected chi connectivity index (χ4v) is 6.26. The number of nitrogens with one attached hydrogen (secondary N) is 1. The zero-order chi connectivity index (χ0) is 19.9. The zero-order valence-corrected chi connectivity index (χ0v) is 17.9. The molecule has 1 N–H and O–H groups in total. The van der Waals surface area contributed by atoms with Crippen LogP contribution in [0.1, 0.15) is 91.4 Å². The predicted octanol–water partition coefficient (Wildman–Crippen LogP) is 4.92. The molecule has 1 spiro atoms. The van der Waals surface area contributed by atoms with E-state index in [4.69, 9.17) is 4.74 Å². The molecule has 5 atom stereocenters. The molecule has 0 heterocycles. The second kappa shape index (κ2) is 7.50. The average molecular weight is 388 g/mol. The Hall–Kier alpha value is -1.32. The maximum Gasteiger partial charge on any atom is 0.309 e. The van der Waals surface area contributed by atoms with Gasteiger partial charge in [-0.1, -0.05) is 38.8 Å². The van der Waals surface area contributed by atoms with Crippen LogP contribution in [0.2, 0.25) is 0 Å². The van der Waals surface area contributed by atoms with Crippen molar-refractivity contribution in [3.63, 3.8) is 0 Å². The number of carbonyl (C=O) groups is 2. The number of fused-ring (bicyclic) bond motifs is 1. The molecule has 3 fully saturated rings. The number of hydrogen-bond donors (Lipinski definition) is 1. The van der Waals surface area contributed by atoms with E-state index in [1.54, 1.807) is 5.57 Å². The molecule has 4 aliphatic carbocycles. The minimum absolute atomic E-state index is 0.0151. The summed E-state index contributed by atoms with van der Waals surface area (Å²) in [5.74, 6) is 0.783. The zero-order valence-electron chi connectivity index (χ0n) is 17.9. The van der Waals surface area contributed by atoms with E-state index in [0.29, 0.717) is 5.92 Å². The number of hydrogen-bond acceptors (Lipinski definition) is 3. The molecular weight excluding hydrogens is 350 g/mol. The van der Waals surface area contributed by atoms with Crippen LogP contribution in [0.15, 0.2) is 11.6 Å². The predicted molar refractivity (Wildman–Crippen MR) is 110 cm³/mol. The van der Waals surface area contributed by atoms with Gasteiger partial charge in [-0.25, -0.2) is 0 Å². The molecule has 1 unspecified atom stereocenters. The summed E-state index contributed by atoms with van der Waals surface area (Å²) in [5, 5.41) is 3.32. The molecule has 28 heavy (non-hydrogen) atoms. The minimum Gasteiger partial charge on any atom is -0.461 e. The van der Waals surface area contributed by atoms with Crippen molar-refractivity contribution in [3.05, 3.63) is 11.6 Å². The van der Waals surface area contributed by atoms with Gasteiger partial charge in [-0.2, -0.15) is 0 Å². The molecule has 3 saturated carbocycles. The van der Waals surface area contributed by atoms with Gasteiger partial charge in [-0.05, 0) is 70.1 Å². The Bertz CT molecular complexity index is 657. The molecule has 0 aromatic heterocycles. The van der Waals surface area contributed by atoms with Crippen LogP contribution in [0.25, 0.3) is 0 Å². The molecule has 4 heteroatoms. The van der Waals surface area contributed by atoms with Crippen molar-refractivity contribution in [1.29, 1.82) is 0 Å². The Balaban J connectivity index is 1.42. The third-order valence-electron chi connectivity index (χ3n) is 7.93. The van der Waals surface area contributed by atoms with E-state index in [1.807, 2.05) is 20.8 Å². The number of rotatable bonds is 3. The smallest absolute Gasteiger partial charge is 0.309 e. The Kier molecular flexibility index (Phi) is 5.35. The minimum atomic E-state index is -0.387. The molecule has 156 valence electrons. The van der Waals surface area contributed by atoms with Gasteiger partial charge in [0, 0.05) is 16.9 Å². The SMILES string of the molecule is CC(C)(C)C(=O)N[C@@H]1CCC[C@@]12CCC[C@H]2OC(=O)[C@H]1CC=C2CCCC2C1. The molecule has 4 rings (SSSR count). The van der Waals surface area contributed by atoms with Gasteiger partial charge in [0.1, 0.15) is 6.10 Å². The van der Waals surface area contributed by atoms with Crippen LogP contribution in [0.4, 0.5) is 0 Å². The van der Waals surface area contributed by atoms with Gasteiger partial charge in [-0.15, -0.1) is 0 Å². The normalized spacial score (nSPS) is 37.6. The first-order valence-corrected chi connectivity index (χ1v) is 11.5. The Morgan fingerprint density at radius 1 is 1.11 bits per heavy atom. The van der Waals surface area contributed by atoms with Gasteiger partial charge in [0.25, 0.3) is 0 Å². The van der Waals surface area contributed by atoms with Crippen LogP contribution >= 0.6 is 0 Å². The van der Waals surface area contributed by atoms with E-state index >= 15 is 0 Å². The summed E-state index contributed by atoms with van der Waals surface area (Å²) in [4.78, 5) is 25.6. The maximum atomic E-state index is 13.0. The molecule has 0 saturated heterocycles. The van der Waals surface area contributed by atoms with E-state index in [1.165, 1.54) is 19.3 Å². The Morgan fingerprint density at radius 3 is 2.61 bits per heavy atom. The molecule has 0 bridgehead atoms. The van der Waals surface area contributed by atoms with Gasteiger partial charge in [0.05, 0.1) is 5.92 Å². The molecule has 0 aliphatic heterocycles. The fraction of sp³-hybridized carbons (Fsp3) is 0.833. The van der Waals surface area contributed by atoms with Crippen LogP contribution < -0.4 is 5.32 Å². The number of amides is 1. The van der Waals surface area contributed by atoms with E-state index in [2.05, 4.69) is 11.4 Å². The second-order valence-corrected chi connectivity index (χ2v) is 10.8. The highest BCUT2D eigenvalue weighted by Gasteiger charge is 2.54. The van der Waals surface area contributed by atoms with Crippen LogP contribution in [-0.2, 0) is 14.3 Å². The van der Waals surface area contributed by atoms with Crippen molar-refractivity contribution in [2.24, 2.45) is 22.7 Å². The summed E-state index contributed by atoms with van der Waals surface area (Å²) >= 11 is 0. The summed E-state index contributed by atoms with van der Waals surface area (Å²) in [6.07, 6.45) is 14.2. The lowest BCUT2D eigenvalue weighted by Gasteiger charge is -2.39. The van der Waals surface area contributed by atoms with Crippen molar-refractivity contribution >= 4 is 11.9 Å². The van der Waals surface area contributed by atoms with Crippen molar-refractivity contribution < 1.29 is 14.3 Å². The van der Waals surface area contributed by atoms with Gasteiger partial charge in [-0.3, -0.25) is 9.59 Å². The van der Waals surface area contributed by atoms with Crippen molar-refractivity contribution in [2.75, 3.05) is 0 Å². The van der Waals surface area contributed by atoms with Crippen LogP contribution in [-0.4, -0.2) is 24.0 Å². The molecule has 4 nitrogen and oxygen atoms in total. The van der Waals surface area contributed by atoms with Crippen molar-refractivity contribution in [2.45, 2.75) is 104 Å². The number of ether oxygens (including phenoxy) is 1. The quantitative estimate of drug-likeness (QED) is 0.552. The first kappa shape index (κ1) is 20.0. The topological polar surface area (TPSA) is 55.4 Å². The first-order valence-electron chi connectivity index (χ1n) is 11.5.